The summed E-state index contributed by atoms with van der Waals surface area (Å²) in [5.41, 5.74) is 1.22. The fourth-order valence-corrected chi connectivity index (χ4v) is 4.99. The maximum absolute atomic E-state index is 12.4. The van der Waals surface area contributed by atoms with E-state index >= 15 is 0 Å². The Labute approximate surface area is 93.1 Å². The van der Waals surface area contributed by atoms with E-state index in [4.69, 9.17) is 4.57 Å². The van der Waals surface area contributed by atoms with Crippen molar-refractivity contribution in [2.75, 3.05) is 12.3 Å². The van der Waals surface area contributed by atoms with Gasteiger partial charge < -0.3 is 9.13 Å². The molecule has 2 rings (SSSR count). The third kappa shape index (κ3) is 3.06. The predicted molar refractivity (Wildman–Crippen MR) is 69.2 cm³/mol. The topological polar surface area (TPSA) is 34.1 Å². The Morgan fingerprint density at radius 3 is 2.33 bits per heavy atom. The van der Waals surface area contributed by atoms with Crippen LogP contribution in [-0.4, -0.2) is 12.3 Å². The Morgan fingerprint density at radius 2 is 1.80 bits per heavy atom. The van der Waals surface area contributed by atoms with E-state index in [1.807, 2.05) is 12.1 Å². The van der Waals surface area contributed by atoms with Crippen molar-refractivity contribution in [3.05, 3.63) is 29.8 Å². The molecule has 0 aromatic heterocycles. The molecule has 1 aromatic carbocycles. The van der Waals surface area contributed by atoms with Gasteiger partial charge in [-0.25, -0.2) is 0 Å². The molecule has 15 heavy (non-hydrogen) atoms. The Hall–Kier alpha value is -0.320. The fourth-order valence-electron chi connectivity index (χ4n) is 1.99. The molecular formula is C11H18O2P2. The summed E-state index contributed by atoms with van der Waals surface area (Å²) in [5, 5.41) is 1.10. The van der Waals surface area contributed by atoms with Gasteiger partial charge in [-0.3, -0.25) is 0 Å². The van der Waals surface area contributed by atoms with Gasteiger partial charge in [-0.15, -0.1) is 0 Å². The molecule has 2 nitrogen and oxygen atoms in total. The van der Waals surface area contributed by atoms with Gasteiger partial charge in [-0.05, 0) is 25.8 Å². The zero-order valence-corrected chi connectivity index (χ0v) is 11.4. The van der Waals surface area contributed by atoms with Gasteiger partial charge in [0.15, 0.2) is 0 Å². The lowest BCUT2D eigenvalue weighted by Crippen LogP contribution is -2.06. The molecule has 0 bridgehead atoms. The van der Waals surface area contributed by atoms with Crippen molar-refractivity contribution in [3.8, 4) is 0 Å². The predicted octanol–water partition coefficient (Wildman–Crippen LogP) is 2.72. The number of hydrogen-bond acceptors (Lipinski definition) is 2. The van der Waals surface area contributed by atoms with Crippen LogP contribution in [0.5, 0.6) is 0 Å². The van der Waals surface area contributed by atoms with Crippen LogP contribution in [0, 0.1) is 6.92 Å². The maximum atomic E-state index is 12.4. The van der Waals surface area contributed by atoms with E-state index in [9.17, 15) is 4.57 Å². The molecule has 1 heterocycles. The third-order valence-corrected chi connectivity index (χ3v) is 6.06. The highest BCUT2D eigenvalue weighted by Gasteiger charge is 2.28. The van der Waals surface area contributed by atoms with Gasteiger partial charge in [0.05, 0.1) is 9.12 Å². The van der Waals surface area contributed by atoms with Crippen LogP contribution in [0.4, 0.5) is 0 Å². The van der Waals surface area contributed by atoms with Crippen LogP contribution in [0.3, 0.4) is 0 Å². The zero-order valence-electron chi connectivity index (χ0n) is 9.11. The van der Waals surface area contributed by atoms with E-state index < -0.39 is 7.14 Å². The van der Waals surface area contributed by atoms with E-state index in [1.54, 1.807) is 0 Å². The average Bonchev–Trinajstić information content (AvgIpc) is 2.70. The van der Waals surface area contributed by atoms with Crippen LogP contribution < -0.4 is 5.30 Å². The minimum atomic E-state index is -1.95. The first kappa shape index (κ1) is 12.7. The van der Waals surface area contributed by atoms with E-state index in [0.717, 1.165) is 30.5 Å². The van der Waals surface area contributed by atoms with Gasteiger partial charge in [0, 0.05) is 17.6 Å². The van der Waals surface area contributed by atoms with Gasteiger partial charge in [0.25, 0.3) is 0 Å². The SMILES string of the molecule is Cc1cccc(P2(=O)CCCC2)c1.O=[PH3]. The van der Waals surface area contributed by atoms with Gasteiger partial charge in [-0.1, -0.05) is 23.8 Å². The van der Waals surface area contributed by atoms with Crippen molar-refractivity contribution in [1.82, 2.24) is 0 Å². The quantitative estimate of drug-likeness (QED) is 0.712. The monoisotopic (exact) mass is 244 g/mol. The Morgan fingerprint density at radius 1 is 1.20 bits per heavy atom. The van der Waals surface area contributed by atoms with Crippen molar-refractivity contribution in [1.29, 1.82) is 0 Å². The van der Waals surface area contributed by atoms with Crippen LogP contribution in [-0.2, 0) is 9.13 Å². The van der Waals surface area contributed by atoms with Crippen molar-refractivity contribution in [3.63, 3.8) is 0 Å². The lowest BCUT2D eigenvalue weighted by atomic mass is 10.2. The average molecular weight is 244 g/mol. The molecule has 4 heteroatoms. The van der Waals surface area contributed by atoms with E-state index in [2.05, 4.69) is 19.1 Å². The first-order chi connectivity index (χ1) is 7.21. The van der Waals surface area contributed by atoms with Crippen molar-refractivity contribution in [2.24, 2.45) is 0 Å². The van der Waals surface area contributed by atoms with Crippen LogP contribution in [0.15, 0.2) is 24.3 Å². The summed E-state index contributed by atoms with van der Waals surface area (Å²) in [6.45, 7) is 2.06. The van der Waals surface area contributed by atoms with Gasteiger partial charge in [0.1, 0.15) is 7.14 Å². The minimum Gasteiger partial charge on any atom is -0.333 e. The third-order valence-electron chi connectivity index (χ3n) is 2.76. The fraction of sp³-hybridized carbons (Fsp3) is 0.455. The maximum Gasteiger partial charge on any atom is 0.115 e. The van der Waals surface area contributed by atoms with E-state index in [0.29, 0.717) is 9.12 Å². The molecule has 0 radical (unpaired) electrons. The molecule has 1 aromatic rings. The van der Waals surface area contributed by atoms with Crippen LogP contribution >= 0.6 is 16.3 Å². The molecule has 1 fully saturated rings. The van der Waals surface area contributed by atoms with Crippen LogP contribution in [0.2, 0.25) is 0 Å². The molecule has 1 unspecified atom stereocenters. The van der Waals surface area contributed by atoms with Gasteiger partial charge in [0.2, 0.25) is 0 Å². The Balaban J connectivity index is 0.000000531. The first-order valence-corrected chi connectivity index (χ1v) is 7.80. The summed E-state index contributed by atoms with van der Waals surface area (Å²) in [4.78, 5) is 0. The van der Waals surface area contributed by atoms with E-state index in [1.165, 1.54) is 5.56 Å². The first-order valence-electron chi connectivity index (χ1n) is 5.15. The molecule has 1 aliphatic rings. The second-order valence-corrected chi connectivity index (χ2v) is 7.07. The lowest BCUT2D eigenvalue weighted by molar-refractivity contribution is 0.585. The largest absolute Gasteiger partial charge is 0.333 e. The lowest BCUT2D eigenvalue weighted by Gasteiger charge is -2.11. The second kappa shape index (κ2) is 5.68. The molecular weight excluding hydrogens is 226 g/mol. The molecule has 84 valence electrons. The molecule has 0 amide bonds. The highest BCUT2D eigenvalue weighted by molar-refractivity contribution is 7.71. The normalized spacial score (nSPS) is 18.2. The summed E-state index contributed by atoms with van der Waals surface area (Å²) in [6.07, 6.45) is 4.14. The van der Waals surface area contributed by atoms with Crippen molar-refractivity contribution in [2.45, 2.75) is 19.8 Å². The van der Waals surface area contributed by atoms with Crippen LogP contribution in [0.1, 0.15) is 18.4 Å². The second-order valence-electron chi connectivity index (χ2n) is 3.88. The zero-order chi connectivity index (χ0) is 11.3. The molecule has 0 N–H and O–H groups in total. The molecule has 1 saturated heterocycles. The molecule has 1 aliphatic heterocycles. The summed E-state index contributed by atoms with van der Waals surface area (Å²) in [7, 11) is -1.34. The Bertz CT molecular complexity index is 367. The Kier molecular flexibility index (Phi) is 4.83. The summed E-state index contributed by atoms with van der Waals surface area (Å²) < 4.78 is 20.6. The number of aryl methyl sites for hydroxylation is 1. The minimum absolute atomic E-state index is 0.611. The number of benzene rings is 1. The summed E-state index contributed by atoms with van der Waals surface area (Å²) >= 11 is 0. The summed E-state index contributed by atoms with van der Waals surface area (Å²) in [5.74, 6) is 0. The molecule has 0 spiro atoms. The summed E-state index contributed by atoms with van der Waals surface area (Å²) in [6, 6.07) is 8.19. The number of hydrogen-bond donors (Lipinski definition) is 0. The van der Waals surface area contributed by atoms with E-state index in [-0.39, 0.29) is 0 Å². The van der Waals surface area contributed by atoms with Gasteiger partial charge in [-0.2, -0.15) is 0 Å². The highest BCUT2D eigenvalue weighted by atomic mass is 31.2. The standard InChI is InChI=1S/C11H15OP.H3OP/c1-10-5-4-6-11(9-10)13(12)7-2-3-8-13;1-2/h4-6,9H,2-3,7-8H2,1H3;2H3. The van der Waals surface area contributed by atoms with Crippen molar-refractivity contribution < 1.29 is 9.13 Å². The highest BCUT2D eigenvalue weighted by Crippen LogP contribution is 2.50. The van der Waals surface area contributed by atoms with Crippen LogP contribution in [0.25, 0.3) is 0 Å². The molecule has 0 aliphatic carbocycles. The smallest absolute Gasteiger partial charge is 0.115 e. The van der Waals surface area contributed by atoms with Gasteiger partial charge >= 0.3 is 0 Å². The number of rotatable bonds is 1. The molecule has 1 atom stereocenters. The molecule has 0 saturated carbocycles. The van der Waals surface area contributed by atoms with Crippen molar-refractivity contribution >= 4 is 21.6 Å².